The minimum absolute atomic E-state index is 0.113. The molecule has 0 bridgehead atoms. The van der Waals surface area contributed by atoms with Crippen molar-refractivity contribution >= 4 is 27.3 Å². The summed E-state index contributed by atoms with van der Waals surface area (Å²) in [6.07, 6.45) is 5.42. The molecule has 1 fully saturated rings. The average molecular weight is 345 g/mol. The second-order valence-corrected chi connectivity index (χ2v) is 9.01. The largest absolute Gasteiger partial charge is 0.352 e. The molecule has 1 aliphatic carbocycles. The van der Waals surface area contributed by atoms with Crippen molar-refractivity contribution in [1.82, 2.24) is 10.0 Å². The standard InChI is InChI=1S/C15H24N2O3S2/c1-11(2)14(15(18)16-12-7-4-3-5-8-12)17-22(19,20)13-9-6-10-21-13/h6,9-12,14,17H,3-5,7-8H2,1-2H3,(H,16,18). The minimum atomic E-state index is -3.64. The number of sulfonamides is 1. The Hall–Kier alpha value is -0.920. The number of amides is 1. The van der Waals surface area contributed by atoms with Gasteiger partial charge in [-0.25, -0.2) is 8.42 Å². The van der Waals surface area contributed by atoms with Crippen LogP contribution in [0.2, 0.25) is 0 Å². The molecule has 7 heteroatoms. The molecule has 1 unspecified atom stereocenters. The lowest BCUT2D eigenvalue weighted by Crippen LogP contribution is -2.52. The van der Waals surface area contributed by atoms with Crippen molar-refractivity contribution in [2.45, 2.75) is 62.2 Å². The Morgan fingerprint density at radius 2 is 1.95 bits per heavy atom. The van der Waals surface area contributed by atoms with E-state index in [9.17, 15) is 13.2 Å². The van der Waals surface area contributed by atoms with Crippen molar-refractivity contribution < 1.29 is 13.2 Å². The minimum Gasteiger partial charge on any atom is -0.352 e. The third kappa shape index (κ3) is 4.54. The van der Waals surface area contributed by atoms with Gasteiger partial charge in [-0.3, -0.25) is 4.79 Å². The Morgan fingerprint density at radius 1 is 1.27 bits per heavy atom. The number of nitrogens with one attached hydrogen (secondary N) is 2. The lowest BCUT2D eigenvalue weighted by atomic mass is 9.94. The van der Waals surface area contributed by atoms with Gasteiger partial charge in [0, 0.05) is 6.04 Å². The molecule has 1 aromatic heterocycles. The monoisotopic (exact) mass is 344 g/mol. The zero-order valence-electron chi connectivity index (χ0n) is 13.0. The summed E-state index contributed by atoms with van der Waals surface area (Å²) in [6.45, 7) is 3.70. The van der Waals surface area contributed by atoms with Crippen LogP contribution in [0.15, 0.2) is 21.7 Å². The number of thiophene rings is 1. The highest BCUT2D eigenvalue weighted by molar-refractivity contribution is 7.91. The van der Waals surface area contributed by atoms with E-state index in [4.69, 9.17) is 0 Å². The maximum atomic E-state index is 12.5. The first-order chi connectivity index (χ1) is 10.4. The molecule has 1 heterocycles. The molecule has 0 aromatic carbocycles. The van der Waals surface area contributed by atoms with Gasteiger partial charge in [-0.2, -0.15) is 4.72 Å². The maximum Gasteiger partial charge on any atom is 0.250 e. The van der Waals surface area contributed by atoms with Gasteiger partial charge < -0.3 is 5.32 Å². The Labute approximate surface area is 136 Å². The van der Waals surface area contributed by atoms with E-state index in [0.717, 1.165) is 37.0 Å². The quantitative estimate of drug-likeness (QED) is 0.832. The molecular formula is C15H24N2O3S2. The van der Waals surface area contributed by atoms with Crippen LogP contribution in [0.1, 0.15) is 46.0 Å². The van der Waals surface area contributed by atoms with Crippen LogP contribution in [0.5, 0.6) is 0 Å². The number of hydrogen-bond acceptors (Lipinski definition) is 4. The van der Waals surface area contributed by atoms with Crippen LogP contribution in [-0.2, 0) is 14.8 Å². The lowest BCUT2D eigenvalue weighted by molar-refractivity contribution is -0.124. The second kappa shape index (κ2) is 7.57. The summed E-state index contributed by atoms with van der Waals surface area (Å²) in [6, 6.07) is 2.66. The second-order valence-electron chi connectivity index (χ2n) is 6.12. The van der Waals surface area contributed by atoms with Crippen molar-refractivity contribution in [2.75, 3.05) is 0 Å². The van der Waals surface area contributed by atoms with Crippen LogP contribution in [0.25, 0.3) is 0 Å². The molecule has 0 saturated heterocycles. The smallest absolute Gasteiger partial charge is 0.250 e. The Kier molecular flexibility index (Phi) is 6.00. The third-order valence-corrected chi connectivity index (χ3v) is 6.78. The summed E-state index contributed by atoms with van der Waals surface area (Å²) in [5.74, 6) is -0.333. The van der Waals surface area contributed by atoms with Crippen LogP contribution in [-0.4, -0.2) is 26.4 Å². The van der Waals surface area contributed by atoms with Gasteiger partial charge in [0.05, 0.1) is 0 Å². The zero-order chi connectivity index (χ0) is 16.2. The predicted molar refractivity (Wildman–Crippen MR) is 88.3 cm³/mol. The number of carbonyl (C=O) groups excluding carboxylic acids is 1. The summed E-state index contributed by atoms with van der Waals surface area (Å²) >= 11 is 1.15. The number of rotatable bonds is 6. The van der Waals surface area contributed by atoms with Crippen LogP contribution in [0.4, 0.5) is 0 Å². The molecule has 5 nitrogen and oxygen atoms in total. The van der Waals surface area contributed by atoms with Gasteiger partial charge in [0.1, 0.15) is 10.3 Å². The van der Waals surface area contributed by atoms with Crippen molar-refractivity contribution in [3.8, 4) is 0 Å². The Morgan fingerprint density at radius 3 is 2.50 bits per heavy atom. The van der Waals surface area contributed by atoms with E-state index in [1.54, 1.807) is 17.5 Å². The normalized spacial score (nSPS) is 18.3. The van der Waals surface area contributed by atoms with Gasteiger partial charge in [0.15, 0.2) is 0 Å². The van der Waals surface area contributed by atoms with Gasteiger partial charge in [0.2, 0.25) is 5.91 Å². The Bertz CT molecular complexity index is 576. The van der Waals surface area contributed by atoms with Crippen LogP contribution >= 0.6 is 11.3 Å². The molecule has 1 aromatic rings. The fourth-order valence-corrected chi connectivity index (χ4v) is 5.03. The first-order valence-corrected chi connectivity index (χ1v) is 10.1. The molecule has 2 N–H and O–H groups in total. The van der Waals surface area contributed by atoms with Gasteiger partial charge in [-0.05, 0) is 30.2 Å². The number of carbonyl (C=O) groups is 1. The number of hydrogen-bond donors (Lipinski definition) is 2. The van der Waals surface area contributed by atoms with Crippen molar-refractivity contribution in [1.29, 1.82) is 0 Å². The van der Waals surface area contributed by atoms with Crippen molar-refractivity contribution in [3.05, 3.63) is 17.5 Å². The molecule has 1 saturated carbocycles. The summed E-state index contributed by atoms with van der Waals surface area (Å²) in [5, 5.41) is 4.72. The van der Waals surface area contributed by atoms with E-state index in [1.165, 1.54) is 6.42 Å². The van der Waals surface area contributed by atoms with Crippen LogP contribution < -0.4 is 10.0 Å². The summed E-state index contributed by atoms with van der Waals surface area (Å²) in [5.41, 5.74) is 0. The van der Waals surface area contributed by atoms with Gasteiger partial charge in [-0.15, -0.1) is 11.3 Å². The summed E-state index contributed by atoms with van der Waals surface area (Å²) in [4.78, 5) is 12.5. The molecule has 22 heavy (non-hydrogen) atoms. The first kappa shape index (κ1) is 17.4. The van der Waals surface area contributed by atoms with E-state index in [-0.39, 0.29) is 22.1 Å². The topological polar surface area (TPSA) is 75.3 Å². The molecule has 1 aliphatic rings. The van der Waals surface area contributed by atoms with E-state index in [1.807, 2.05) is 13.8 Å². The van der Waals surface area contributed by atoms with E-state index < -0.39 is 16.1 Å². The summed E-state index contributed by atoms with van der Waals surface area (Å²) < 4.78 is 27.4. The van der Waals surface area contributed by atoms with Gasteiger partial charge >= 0.3 is 0 Å². The highest BCUT2D eigenvalue weighted by atomic mass is 32.2. The lowest BCUT2D eigenvalue weighted by Gasteiger charge is -2.27. The zero-order valence-corrected chi connectivity index (χ0v) is 14.7. The highest BCUT2D eigenvalue weighted by Crippen LogP contribution is 2.19. The van der Waals surface area contributed by atoms with Gasteiger partial charge in [-0.1, -0.05) is 39.2 Å². The molecule has 1 atom stereocenters. The van der Waals surface area contributed by atoms with Crippen molar-refractivity contribution in [3.63, 3.8) is 0 Å². The van der Waals surface area contributed by atoms with E-state index in [2.05, 4.69) is 10.0 Å². The molecule has 2 rings (SSSR count). The molecule has 0 radical (unpaired) electrons. The molecular weight excluding hydrogens is 320 g/mol. The van der Waals surface area contributed by atoms with Crippen molar-refractivity contribution in [2.24, 2.45) is 5.92 Å². The van der Waals surface area contributed by atoms with Crippen LogP contribution in [0, 0.1) is 5.92 Å². The molecule has 1 amide bonds. The maximum absolute atomic E-state index is 12.5. The first-order valence-electron chi connectivity index (χ1n) is 7.76. The summed E-state index contributed by atoms with van der Waals surface area (Å²) in [7, 11) is -3.64. The average Bonchev–Trinajstić information content (AvgIpc) is 3.00. The third-order valence-electron chi connectivity index (χ3n) is 3.94. The SMILES string of the molecule is CC(C)C(NS(=O)(=O)c1cccs1)C(=O)NC1CCCCC1. The fourth-order valence-electron chi connectivity index (χ4n) is 2.67. The van der Waals surface area contributed by atoms with E-state index in [0.29, 0.717) is 0 Å². The fraction of sp³-hybridized carbons (Fsp3) is 0.667. The van der Waals surface area contributed by atoms with Gasteiger partial charge in [0.25, 0.3) is 10.0 Å². The molecule has 0 aliphatic heterocycles. The predicted octanol–water partition coefficient (Wildman–Crippen LogP) is 2.50. The Balaban J connectivity index is 2.04. The van der Waals surface area contributed by atoms with E-state index >= 15 is 0 Å². The van der Waals surface area contributed by atoms with Crippen LogP contribution in [0.3, 0.4) is 0 Å². The highest BCUT2D eigenvalue weighted by Gasteiger charge is 2.30. The molecule has 0 spiro atoms. The molecule has 124 valence electrons.